The fourth-order valence-corrected chi connectivity index (χ4v) is 2.31. The van der Waals surface area contributed by atoms with Crippen LogP contribution in [0.15, 0.2) is 4.52 Å². The molecule has 1 aromatic rings. The van der Waals surface area contributed by atoms with Crippen LogP contribution in [0.2, 0.25) is 0 Å². The van der Waals surface area contributed by atoms with Gasteiger partial charge in [-0.1, -0.05) is 5.16 Å². The van der Waals surface area contributed by atoms with Gasteiger partial charge in [-0.3, -0.25) is 0 Å². The van der Waals surface area contributed by atoms with Crippen LogP contribution in [0.4, 0.5) is 0 Å². The summed E-state index contributed by atoms with van der Waals surface area (Å²) in [6.45, 7) is 8.55. The number of ether oxygens (including phenoxy) is 2. The van der Waals surface area contributed by atoms with Crippen LogP contribution in [-0.2, 0) is 21.5 Å². The Morgan fingerprint density at radius 3 is 2.60 bits per heavy atom. The summed E-state index contributed by atoms with van der Waals surface area (Å²) in [5.74, 6) is 1.30. The number of aromatic nitrogens is 2. The smallest absolute Gasteiger partial charge is 0.228 e. The molecular weight excluding hydrogens is 258 g/mol. The van der Waals surface area contributed by atoms with Crippen LogP contribution in [0.5, 0.6) is 0 Å². The van der Waals surface area contributed by atoms with E-state index in [0.29, 0.717) is 24.9 Å². The summed E-state index contributed by atoms with van der Waals surface area (Å²) in [5.41, 5.74) is -0.352. The highest BCUT2D eigenvalue weighted by molar-refractivity contribution is 5.03. The maximum Gasteiger partial charge on any atom is 0.228 e. The van der Waals surface area contributed by atoms with E-state index in [1.807, 2.05) is 0 Å². The molecule has 0 aliphatic carbocycles. The van der Waals surface area contributed by atoms with Gasteiger partial charge in [0.15, 0.2) is 0 Å². The third kappa shape index (κ3) is 3.77. The van der Waals surface area contributed by atoms with Gasteiger partial charge in [0, 0.05) is 51.7 Å². The first-order chi connectivity index (χ1) is 9.45. The lowest BCUT2D eigenvalue weighted by atomic mass is 9.93. The highest BCUT2D eigenvalue weighted by Gasteiger charge is 2.39. The molecule has 2 rings (SSSR count). The Balaban J connectivity index is 1.97. The molecule has 0 unspecified atom stereocenters. The molecule has 0 aromatic carbocycles. The average Bonchev–Trinajstić information content (AvgIpc) is 2.87. The van der Waals surface area contributed by atoms with Gasteiger partial charge < -0.3 is 19.3 Å². The molecular formula is C14H25N3O3. The Bertz CT molecular complexity index is 420. The highest BCUT2D eigenvalue weighted by Crippen LogP contribution is 2.33. The van der Waals surface area contributed by atoms with Crippen molar-refractivity contribution >= 4 is 0 Å². The molecule has 0 spiro atoms. The minimum Gasteiger partial charge on any atom is -0.381 e. The van der Waals surface area contributed by atoms with E-state index in [1.54, 1.807) is 7.11 Å². The van der Waals surface area contributed by atoms with E-state index >= 15 is 0 Å². The van der Waals surface area contributed by atoms with Crippen molar-refractivity contribution in [2.24, 2.45) is 0 Å². The van der Waals surface area contributed by atoms with E-state index in [0.717, 1.165) is 25.8 Å². The van der Waals surface area contributed by atoms with Crippen molar-refractivity contribution in [1.82, 2.24) is 15.5 Å². The van der Waals surface area contributed by atoms with Crippen LogP contribution in [0.1, 0.15) is 45.3 Å². The van der Waals surface area contributed by atoms with E-state index in [2.05, 4.69) is 36.2 Å². The fourth-order valence-electron chi connectivity index (χ4n) is 2.31. The zero-order valence-corrected chi connectivity index (χ0v) is 12.9. The molecule has 114 valence electrons. The normalized spacial score (nSPS) is 19.2. The number of nitrogens with zero attached hydrogens (tertiary/aromatic N) is 2. The van der Waals surface area contributed by atoms with Crippen molar-refractivity contribution in [3.8, 4) is 0 Å². The van der Waals surface area contributed by atoms with E-state index in [1.165, 1.54) is 0 Å². The third-order valence-corrected chi connectivity index (χ3v) is 3.56. The summed E-state index contributed by atoms with van der Waals surface area (Å²) in [7, 11) is 1.70. The fraction of sp³-hybridized carbons (Fsp3) is 0.857. The molecule has 6 heteroatoms. The Morgan fingerprint density at radius 2 is 2.00 bits per heavy atom. The largest absolute Gasteiger partial charge is 0.381 e. The maximum atomic E-state index is 5.66. The van der Waals surface area contributed by atoms with Crippen LogP contribution in [-0.4, -0.2) is 42.5 Å². The van der Waals surface area contributed by atoms with E-state index in [9.17, 15) is 0 Å². The van der Waals surface area contributed by atoms with Crippen molar-refractivity contribution in [3.05, 3.63) is 11.7 Å². The monoisotopic (exact) mass is 283 g/mol. The summed E-state index contributed by atoms with van der Waals surface area (Å²) < 4.78 is 16.4. The predicted octanol–water partition coefficient (Wildman–Crippen LogP) is 1.65. The molecule has 1 aromatic heterocycles. The molecule has 0 bridgehead atoms. The third-order valence-electron chi connectivity index (χ3n) is 3.56. The number of nitrogens with one attached hydrogen (secondary N) is 1. The molecule has 1 saturated heterocycles. The molecule has 2 heterocycles. The van der Waals surface area contributed by atoms with Gasteiger partial charge >= 0.3 is 0 Å². The first-order valence-electron chi connectivity index (χ1n) is 7.16. The first-order valence-corrected chi connectivity index (χ1v) is 7.16. The summed E-state index contributed by atoms with van der Waals surface area (Å²) in [4.78, 5) is 4.50. The topological polar surface area (TPSA) is 69.4 Å². The Kier molecular flexibility index (Phi) is 4.78. The number of hydrogen-bond donors (Lipinski definition) is 1. The Hall–Kier alpha value is -0.980. The van der Waals surface area contributed by atoms with Crippen LogP contribution in [0, 0.1) is 0 Å². The lowest BCUT2D eigenvalue weighted by Crippen LogP contribution is -2.37. The van der Waals surface area contributed by atoms with Crippen LogP contribution >= 0.6 is 0 Å². The summed E-state index contributed by atoms with van der Waals surface area (Å²) in [6.07, 6.45) is 2.26. The average molecular weight is 283 g/mol. The quantitative estimate of drug-likeness (QED) is 0.886. The van der Waals surface area contributed by atoms with Gasteiger partial charge in [0.1, 0.15) is 5.60 Å². The molecule has 0 atom stereocenters. The summed E-state index contributed by atoms with van der Waals surface area (Å²) >= 11 is 0. The van der Waals surface area contributed by atoms with Crippen molar-refractivity contribution < 1.29 is 14.0 Å². The molecule has 0 radical (unpaired) electrons. The second-order valence-corrected chi connectivity index (χ2v) is 6.25. The van der Waals surface area contributed by atoms with Gasteiger partial charge in [-0.15, -0.1) is 0 Å². The lowest BCUT2D eigenvalue weighted by Gasteiger charge is -2.32. The molecule has 1 aliphatic heterocycles. The maximum absolute atomic E-state index is 5.66. The van der Waals surface area contributed by atoms with Crippen LogP contribution < -0.4 is 5.32 Å². The first kappa shape index (κ1) is 15.4. The van der Waals surface area contributed by atoms with Gasteiger partial charge in [-0.05, 0) is 20.8 Å². The zero-order valence-electron chi connectivity index (χ0n) is 12.9. The lowest BCUT2D eigenvalue weighted by molar-refractivity contribution is -0.101. The predicted molar refractivity (Wildman–Crippen MR) is 74.5 cm³/mol. The Labute approximate surface area is 120 Å². The number of hydrogen-bond acceptors (Lipinski definition) is 6. The standard InChI is InChI=1S/C14H25N3O3/c1-13(2,3)15-8-5-11-16-12(17-20-11)14(18-4)6-9-19-10-7-14/h15H,5-10H2,1-4H3. The molecule has 0 saturated carbocycles. The zero-order chi connectivity index (χ0) is 14.6. The molecule has 6 nitrogen and oxygen atoms in total. The van der Waals surface area contributed by atoms with Crippen LogP contribution in [0.25, 0.3) is 0 Å². The van der Waals surface area contributed by atoms with Gasteiger partial charge in [0.2, 0.25) is 11.7 Å². The highest BCUT2D eigenvalue weighted by atomic mass is 16.5. The van der Waals surface area contributed by atoms with Crippen molar-refractivity contribution in [3.63, 3.8) is 0 Å². The van der Waals surface area contributed by atoms with Crippen LogP contribution in [0.3, 0.4) is 0 Å². The van der Waals surface area contributed by atoms with Crippen molar-refractivity contribution in [1.29, 1.82) is 0 Å². The molecule has 1 N–H and O–H groups in total. The van der Waals surface area contributed by atoms with Gasteiger partial charge in [-0.25, -0.2) is 0 Å². The molecule has 0 amide bonds. The second kappa shape index (κ2) is 6.20. The van der Waals surface area contributed by atoms with E-state index in [-0.39, 0.29) is 5.54 Å². The minimum absolute atomic E-state index is 0.0946. The van der Waals surface area contributed by atoms with Crippen molar-refractivity contribution in [2.45, 2.75) is 51.2 Å². The minimum atomic E-state index is -0.447. The molecule has 1 aliphatic rings. The summed E-state index contributed by atoms with van der Waals surface area (Å²) in [5, 5.41) is 7.51. The SMILES string of the molecule is COC1(c2noc(CCNC(C)(C)C)n2)CCOCC1. The molecule has 1 fully saturated rings. The Morgan fingerprint density at radius 1 is 1.30 bits per heavy atom. The van der Waals surface area contributed by atoms with Gasteiger partial charge in [0.25, 0.3) is 0 Å². The molecule has 20 heavy (non-hydrogen) atoms. The van der Waals surface area contributed by atoms with E-state index < -0.39 is 5.60 Å². The number of methoxy groups -OCH3 is 1. The van der Waals surface area contributed by atoms with Crippen molar-refractivity contribution in [2.75, 3.05) is 26.9 Å². The summed E-state index contributed by atoms with van der Waals surface area (Å²) in [6, 6.07) is 0. The van der Waals surface area contributed by atoms with Gasteiger partial charge in [0.05, 0.1) is 0 Å². The van der Waals surface area contributed by atoms with E-state index in [4.69, 9.17) is 14.0 Å². The van der Waals surface area contributed by atoms with Gasteiger partial charge in [-0.2, -0.15) is 4.98 Å². The second-order valence-electron chi connectivity index (χ2n) is 6.25. The number of rotatable bonds is 5.